The Morgan fingerprint density at radius 2 is 1.95 bits per heavy atom. The van der Waals surface area contributed by atoms with E-state index in [4.69, 9.17) is 33.0 Å². The van der Waals surface area contributed by atoms with E-state index >= 15 is 0 Å². The second-order valence-corrected chi connectivity index (χ2v) is 4.89. The van der Waals surface area contributed by atoms with Gasteiger partial charge in [0.25, 0.3) is 0 Å². The van der Waals surface area contributed by atoms with Gasteiger partial charge in [0.05, 0.1) is 15.7 Å². The van der Waals surface area contributed by atoms with Crippen LogP contribution in [0.15, 0.2) is 47.5 Å². The van der Waals surface area contributed by atoms with E-state index in [-0.39, 0.29) is 0 Å². The van der Waals surface area contributed by atoms with E-state index in [1.54, 1.807) is 42.6 Å². The Morgan fingerprint density at radius 1 is 1.19 bits per heavy atom. The number of carboxylic acid groups (broad SMARTS) is 1. The Bertz CT molecular complexity index is 686. The van der Waals surface area contributed by atoms with Crippen molar-refractivity contribution < 1.29 is 14.6 Å². The summed E-state index contributed by atoms with van der Waals surface area (Å²) in [6, 6.07) is 12.0. The first-order valence-corrected chi connectivity index (χ1v) is 6.74. The maximum atomic E-state index is 10.5. The minimum Gasteiger partial charge on any atom is -0.481 e. The number of carboxylic acids is 1. The molecule has 6 heteroatoms. The number of aliphatic imine (C=N–C) groups is 1. The number of para-hydroxylation sites is 1. The first-order chi connectivity index (χ1) is 10.1. The first kappa shape index (κ1) is 15.4. The van der Waals surface area contributed by atoms with Gasteiger partial charge in [-0.15, -0.1) is 0 Å². The van der Waals surface area contributed by atoms with E-state index in [2.05, 4.69) is 4.99 Å². The van der Waals surface area contributed by atoms with E-state index in [0.29, 0.717) is 27.0 Å². The maximum Gasteiger partial charge on any atom is 0.341 e. The van der Waals surface area contributed by atoms with Crippen LogP contribution in [0, 0.1) is 0 Å². The monoisotopic (exact) mass is 323 g/mol. The highest BCUT2D eigenvalue weighted by Gasteiger charge is 2.04. The fourth-order valence-electron chi connectivity index (χ4n) is 1.57. The van der Waals surface area contributed by atoms with Crippen LogP contribution in [0.3, 0.4) is 0 Å². The molecule has 0 aliphatic rings. The van der Waals surface area contributed by atoms with E-state index < -0.39 is 12.6 Å². The van der Waals surface area contributed by atoms with Crippen LogP contribution in [0.25, 0.3) is 0 Å². The molecule has 0 aliphatic carbocycles. The highest BCUT2D eigenvalue weighted by Crippen LogP contribution is 2.26. The van der Waals surface area contributed by atoms with Crippen LogP contribution in [0.5, 0.6) is 5.75 Å². The van der Waals surface area contributed by atoms with Crippen molar-refractivity contribution in [2.24, 2.45) is 4.99 Å². The normalized spacial score (nSPS) is 10.8. The number of ether oxygens (including phenoxy) is 1. The summed E-state index contributed by atoms with van der Waals surface area (Å²) in [5.74, 6) is -0.588. The number of benzene rings is 2. The third kappa shape index (κ3) is 4.48. The number of hydrogen-bond acceptors (Lipinski definition) is 3. The third-order valence-electron chi connectivity index (χ3n) is 2.53. The Hall–Kier alpha value is -2.04. The zero-order valence-electron chi connectivity index (χ0n) is 10.8. The van der Waals surface area contributed by atoms with Gasteiger partial charge in [-0.1, -0.05) is 35.3 Å². The van der Waals surface area contributed by atoms with Crippen molar-refractivity contribution in [3.63, 3.8) is 0 Å². The van der Waals surface area contributed by atoms with Crippen molar-refractivity contribution in [2.45, 2.75) is 0 Å². The van der Waals surface area contributed by atoms with Crippen molar-refractivity contribution >= 4 is 41.1 Å². The molecule has 0 amide bonds. The molecular weight excluding hydrogens is 313 g/mol. The van der Waals surface area contributed by atoms with Gasteiger partial charge in [0.1, 0.15) is 5.75 Å². The number of halogens is 2. The van der Waals surface area contributed by atoms with Gasteiger partial charge in [-0.2, -0.15) is 0 Å². The highest BCUT2D eigenvalue weighted by molar-refractivity contribution is 6.42. The van der Waals surface area contributed by atoms with E-state index in [1.807, 2.05) is 6.07 Å². The number of rotatable bonds is 5. The van der Waals surface area contributed by atoms with Crippen LogP contribution in [0.1, 0.15) is 5.56 Å². The lowest BCUT2D eigenvalue weighted by atomic mass is 10.2. The van der Waals surface area contributed by atoms with Gasteiger partial charge in [-0.05, 0) is 30.3 Å². The van der Waals surface area contributed by atoms with Gasteiger partial charge < -0.3 is 9.84 Å². The second kappa shape index (κ2) is 7.11. The molecule has 2 aromatic rings. The molecule has 1 N–H and O–H groups in total. The molecule has 0 radical (unpaired) electrons. The Balaban J connectivity index is 2.20. The van der Waals surface area contributed by atoms with Crippen LogP contribution < -0.4 is 4.74 Å². The summed E-state index contributed by atoms with van der Waals surface area (Å²) < 4.78 is 5.19. The Labute approximate surface area is 131 Å². The minimum atomic E-state index is -1.04. The molecule has 0 bridgehead atoms. The first-order valence-electron chi connectivity index (χ1n) is 5.99. The lowest BCUT2D eigenvalue weighted by Gasteiger charge is -2.06. The average molecular weight is 324 g/mol. The lowest BCUT2D eigenvalue weighted by Crippen LogP contribution is -2.10. The average Bonchev–Trinajstić information content (AvgIpc) is 2.47. The van der Waals surface area contributed by atoms with E-state index in [0.717, 1.165) is 0 Å². The molecule has 0 atom stereocenters. The molecule has 108 valence electrons. The Kier molecular flexibility index (Phi) is 5.20. The number of aliphatic carboxylic acids is 1. The maximum absolute atomic E-state index is 10.5. The van der Waals surface area contributed by atoms with Gasteiger partial charge in [0.2, 0.25) is 0 Å². The number of hydrogen-bond donors (Lipinski definition) is 1. The van der Waals surface area contributed by atoms with Gasteiger partial charge in [-0.3, -0.25) is 4.99 Å². The van der Waals surface area contributed by atoms with E-state index in [9.17, 15) is 4.79 Å². The van der Waals surface area contributed by atoms with Crippen LogP contribution >= 0.6 is 23.2 Å². The zero-order chi connectivity index (χ0) is 15.2. The highest BCUT2D eigenvalue weighted by atomic mass is 35.5. The van der Waals surface area contributed by atoms with Crippen molar-refractivity contribution in [1.82, 2.24) is 0 Å². The third-order valence-corrected chi connectivity index (χ3v) is 3.27. The number of nitrogens with zero attached hydrogens (tertiary/aromatic N) is 1. The zero-order valence-corrected chi connectivity index (χ0v) is 12.3. The van der Waals surface area contributed by atoms with Gasteiger partial charge >= 0.3 is 5.97 Å². The van der Waals surface area contributed by atoms with Gasteiger partial charge in [0.15, 0.2) is 6.61 Å². The summed E-state index contributed by atoms with van der Waals surface area (Å²) in [4.78, 5) is 14.8. The molecule has 0 saturated carbocycles. The predicted octanol–water partition coefficient (Wildman–Crippen LogP) is 4.21. The summed E-state index contributed by atoms with van der Waals surface area (Å²) in [6.45, 7) is -0.405. The quantitative estimate of drug-likeness (QED) is 0.838. The van der Waals surface area contributed by atoms with E-state index in [1.165, 1.54) is 0 Å². The van der Waals surface area contributed by atoms with Crippen LogP contribution in [-0.4, -0.2) is 23.9 Å². The predicted molar refractivity (Wildman–Crippen MR) is 83.3 cm³/mol. The smallest absolute Gasteiger partial charge is 0.341 e. The fraction of sp³-hybridized carbons (Fsp3) is 0.0667. The molecular formula is C15H11Cl2NO3. The molecule has 0 aliphatic heterocycles. The topological polar surface area (TPSA) is 58.9 Å². The van der Waals surface area contributed by atoms with Gasteiger partial charge in [0, 0.05) is 11.8 Å². The van der Waals surface area contributed by atoms with Crippen molar-refractivity contribution in [3.8, 4) is 5.75 Å². The molecule has 0 aromatic heterocycles. The van der Waals surface area contributed by atoms with Crippen LogP contribution in [0.2, 0.25) is 10.0 Å². The fourth-order valence-corrected chi connectivity index (χ4v) is 1.86. The molecule has 2 aromatic carbocycles. The summed E-state index contributed by atoms with van der Waals surface area (Å²) in [7, 11) is 0. The molecule has 0 heterocycles. The molecule has 0 fully saturated rings. The molecule has 0 saturated heterocycles. The molecule has 2 rings (SSSR count). The second-order valence-electron chi connectivity index (χ2n) is 4.08. The van der Waals surface area contributed by atoms with Gasteiger partial charge in [-0.25, -0.2) is 4.79 Å². The summed E-state index contributed by atoms with van der Waals surface area (Å²) in [5, 5.41) is 9.52. The number of carbonyl (C=O) groups is 1. The summed E-state index contributed by atoms with van der Waals surface area (Å²) in [5.41, 5.74) is 1.31. The molecule has 4 nitrogen and oxygen atoms in total. The van der Waals surface area contributed by atoms with Crippen molar-refractivity contribution in [1.29, 1.82) is 0 Å². The summed E-state index contributed by atoms with van der Waals surface area (Å²) >= 11 is 11.8. The van der Waals surface area contributed by atoms with Crippen molar-refractivity contribution in [3.05, 3.63) is 58.1 Å². The SMILES string of the molecule is O=C(O)COc1ccccc1C=Nc1ccc(Cl)c(Cl)c1. The lowest BCUT2D eigenvalue weighted by molar-refractivity contribution is -0.139. The van der Waals surface area contributed by atoms with Crippen LogP contribution in [0.4, 0.5) is 5.69 Å². The minimum absolute atomic E-state index is 0.405. The molecule has 0 spiro atoms. The molecule has 0 unspecified atom stereocenters. The summed E-state index contributed by atoms with van der Waals surface area (Å²) in [6.07, 6.45) is 1.58. The molecule has 21 heavy (non-hydrogen) atoms. The Morgan fingerprint density at radius 3 is 2.67 bits per heavy atom. The van der Waals surface area contributed by atoms with Crippen molar-refractivity contribution in [2.75, 3.05) is 6.61 Å². The standard InChI is InChI=1S/C15H11Cl2NO3/c16-12-6-5-11(7-13(12)17)18-8-10-3-1-2-4-14(10)21-9-15(19)20/h1-8H,9H2,(H,19,20). The van der Waals surface area contributed by atoms with Crippen LogP contribution in [-0.2, 0) is 4.79 Å². The largest absolute Gasteiger partial charge is 0.481 e.